The van der Waals surface area contributed by atoms with Crippen molar-refractivity contribution in [1.29, 1.82) is 0 Å². The second-order valence-corrected chi connectivity index (χ2v) is 3.34. The summed E-state index contributed by atoms with van der Waals surface area (Å²) in [4.78, 5) is 22.2. The van der Waals surface area contributed by atoms with E-state index >= 15 is 0 Å². The van der Waals surface area contributed by atoms with Crippen molar-refractivity contribution in [1.82, 2.24) is 4.90 Å². The molecule has 0 spiro atoms. The molecule has 0 aliphatic carbocycles. The number of carbonyl (C=O) groups is 2. The summed E-state index contributed by atoms with van der Waals surface area (Å²) in [6.07, 6.45) is 0.300. The van der Waals surface area contributed by atoms with Gasteiger partial charge in [-0.15, -0.1) is 0 Å². The Morgan fingerprint density at radius 1 is 1.11 bits per heavy atom. The van der Waals surface area contributed by atoms with Gasteiger partial charge in [-0.3, -0.25) is 4.90 Å². The summed E-state index contributed by atoms with van der Waals surface area (Å²) in [6, 6.07) is 0. The smallest absolute Gasteiger partial charge is 0.550 e. The molecule has 0 heterocycles. The third kappa shape index (κ3) is 17.5. The molecule has 8 heteroatoms. The molecule has 0 amide bonds. The molecule has 0 aromatic rings. The molecule has 18 heavy (non-hydrogen) atoms. The summed E-state index contributed by atoms with van der Waals surface area (Å²) in [5, 5.41) is 20.5. The Morgan fingerprint density at radius 2 is 1.67 bits per heavy atom. The monoisotopic (exact) mass is 293 g/mol. The Morgan fingerprint density at radius 3 is 2.11 bits per heavy atom. The van der Waals surface area contributed by atoms with Gasteiger partial charge in [-0.2, -0.15) is 0 Å². The van der Waals surface area contributed by atoms with Gasteiger partial charge in [-0.05, 0) is 26.2 Å². The van der Waals surface area contributed by atoms with E-state index in [1.54, 1.807) is 4.90 Å². The Balaban J connectivity index is -0.00000112. The van der Waals surface area contributed by atoms with E-state index in [2.05, 4.69) is 0 Å². The predicted molar refractivity (Wildman–Crippen MR) is 51.9 cm³/mol. The van der Waals surface area contributed by atoms with Crippen molar-refractivity contribution in [2.24, 2.45) is 0 Å². The minimum Gasteiger partial charge on any atom is -0.550 e. The number of hydrogen-bond acceptors (Lipinski definition) is 6. The predicted octanol–water partition coefficient (Wildman–Crippen LogP) is -8.04. The number of nitrogens with zero attached hydrogens (tertiary/aromatic N) is 1. The van der Waals surface area contributed by atoms with Crippen molar-refractivity contribution < 1.29 is 105 Å². The van der Waals surface area contributed by atoms with E-state index in [-0.39, 0.29) is 93.8 Å². The number of carbonyl (C=O) groups excluding carboxylic acids is 2. The second kappa shape index (κ2) is 16.6. The van der Waals surface area contributed by atoms with Gasteiger partial charge < -0.3 is 24.5 Å². The van der Waals surface area contributed by atoms with Crippen molar-refractivity contribution in [3.63, 3.8) is 0 Å². The SMILES string of the molecule is CCOCN(CCCC(=O)[O-])CCC(=O)[O-].[K+].[Na+]. The molecule has 6 nitrogen and oxygen atoms in total. The van der Waals surface area contributed by atoms with Gasteiger partial charge in [0.25, 0.3) is 0 Å². The van der Waals surface area contributed by atoms with Crippen LogP contribution in [0.4, 0.5) is 0 Å². The quantitative estimate of drug-likeness (QED) is 0.293. The van der Waals surface area contributed by atoms with Crippen molar-refractivity contribution in [2.45, 2.75) is 26.2 Å². The van der Waals surface area contributed by atoms with Gasteiger partial charge >= 0.3 is 80.9 Å². The standard InChI is InChI=1S/C10H19NO5.K.Na/c1-2-16-8-11(7-5-10(14)15)6-3-4-9(12)13;;/h2-8H2,1H3,(H,12,13)(H,14,15);;/q;2*+1/p-2. The Labute approximate surface area is 172 Å². The van der Waals surface area contributed by atoms with Crippen LogP contribution in [0.1, 0.15) is 26.2 Å². The van der Waals surface area contributed by atoms with Gasteiger partial charge in [0, 0.05) is 31.6 Å². The Kier molecular flexibility index (Phi) is 22.5. The maximum absolute atomic E-state index is 10.3. The van der Waals surface area contributed by atoms with E-state index in [4.69, 9.17) is 4.74 Å². The fraction of sp³-hybridized carbons (Fsp3) is 0.800. The van der Waals surface area contributed by atoms with Gasteiger partial charge in [-0.25, -0.2) is 0 Å². The number of rotatable bonds is 10. The first-order valence-corrected chi connectivity index (χ1v) is 5.26. The molecule has 0 aliphatic rings. The molecular formula is C10H17KNNaO5. The summed E-state index contributed by atoms with van der Waals surface area (Å²) in [5.74, 6) is -2.22. The molecule has 94 valence electrons. The number of carboxylic acids is 2. The molecule has 0 aromatic carbocycles. The van der Waals surface area contributed by atoms with E-state index < -0.39 is 11.9 Å². The molecule has 0 atom stereocenters. The third-order valence-electron chi connectivity index (χ3n) is 1.97. The van der Waals surface area contributed by atoms with Crippen LogP contribution in [0.5, 0.6) is 0 Å². The molecular weight excluding hydrogens is 276 g/mol. The van der Waals surface area contributed by atoms with Crippen LogP contribution in [-0.2, 0) is 14.3 Å². The number of carboxylic acid groups (broad SMARTS) is 2. The topological polar surface area (TPSA) is 92.7 Å². The second-order valence-electron chi connectivity index (χ2n) is 3.34. The fourth-order valence-corrected chi connectivity index (χ4v) is 1.16. The molecule has 0 N–H and O–H groups in total. The van der Waals surface area contributed by atoms with Crippen molar-refractivity contribution in [2.75, 3.05) is 26.4 Å². The average Bonchev–Trinajstić information content (AvgIpc) is 2.20. The van der Waals surface area contributed by atoms with Crippen molar-refractivity contribution in [3.05, 3.63) is 0 Å². The largest absolute Gasteiger partial charge is 1.00 e. The summed E-state index contributed by atoms with van der Waals surface area (Å²) < 4.78 is 5.13. The van der Waals surface area contributed by atoms with Gasteiger partial charge in [0.15, 0.2) is 0 Å². The van der Waals surface area contributed by atoms with Crippen molar-refractivity contribution >= 4 is 11.9 Å². The zero-order valence-corrected chi connectivity index (χ0v) is 16.6. The van der Waals surface area contributed by atoms with Crippen LogP contribution in [0.25, 0.3) is 0 Å². The van der Waals surface area contributed by atoms with E-state index in [9.17, 15) is 19.8 Å². The number of ether oxygens (including phenoxy) is 1. The Bertz CT molecular complexity index is 230. The van der Waals surface area contributed by atoms with Gasteiger partial charge in [0.05, 0.1) is 6.73 Å². The van der Waals surface area contributed by atoms with E-state index in [0.29, 0.717) is 32.8 Å². The van der Waals surface area contributed by atoms with Crippen LogP contribution < -0.4 is 91.2 Å². The zero-order valence-electron chi connectivity index (χ0n) is 11.4. The number of aliphatic carboxylic acids is 2. The van der Waals surface area contributed by atoms with E-state index in [1.807, 2.05) is 6.92 Å². The van der Waals surface area contributed by atoms with Crippen LogP contribution >= 0.6 is 0 Å². The first-order valence-electron chi connectivity index (χ1n) is 5.26. The first kappa shape index (κ1) is 24.5. The minimum absolute atomic E-state index is 0. The van der Waals surface area contributed by atoms with Crippen LogP contribution in [0.3, 0.4) is 0 Å². The normalized spacial score (nSPS) is 9.44. The summed E-state index contributed by atoms with van der Waals surface area (Å²) in [5.41, 5.74) is 0. The summed E-state index contributed by atoms with van der Waals surface area (Å²) in [7, 11) is 0. The molecule has 0 fully saturated rings. The van der Waals surface area contributed by atoms with Crippen LogP contribution in [0.2, 0.25) is 0 Å². The van der Waals surface area contributed by atoms with Gasteiger partial charge in [0.2, 0.25) is 0 Å². The molecule has 0 aromatic heterocycles. The van der Waals surface area contributed by atoms with Crippen LogP contribution in [0, 0.1) is 0 Å². The first-order chi connectivity index (χ1) is 7.56. The molecule has 0 bridgehead atoms. The molecule has 0 unspecified atom stereocenters. The van der Waals surface area contributed by atoms with E-state index in [1.165, 1.54) is 0 Å². The minimum atomic E-state index is -1.12. The number of hydrogen-bond donors (Lipinski definition) is 0. The van der Waals surface area contributed by atoms with Crippen LogP contribution in [0.15, 0.2) is 0 Å². The van der Waals surface area contributed by atoms with Crippen molar-refractivity contribution in [3.8, 4) is 0 Å². The maximum Gasteiger partial charge on any atom is 1.00 e. The zero-order chi connectivity index (χ0) is 12.4. The average molecular weight is 293 g/mol. The third-order valence-corrected chi connectivity index (χ3v) is 1.97. The van der Waals surface area contributed by atoms with E-state index in [0.717, 1.165) is 0 Å². The van der Waals surface area contributed by atoms with Gasteiger partial charge in [-0.1, -0.05) is 0 Å². The molecule has 0 saturated heterocycles. The summed E-state index contributed by atoms with van der Waals surface area (Å²) in [6.45, 7) is 3.44. The van der Waals surface area contributed by atoms with Crippen LogP contribution in [-0.4, -0.2) is 43.3 Å². The van der Waals surface area contributed by atoms with Gasteiger partial charge in [0.1, 0.15) is 0 Å². The Hall–Kier alpha value is 1.50. The molecule has 0 rings (SSSR count). The molecule has 0 aliphatic heterocycles. The fourth-order valence-electron chi connectivity index (χ4n) is 1.16. The molecule has 0 radical (unpaired) electrons. The maximum atomic E-state index is 10.3. The molecule has 0 saturated carbocycles. The summed E-state index contributed by atoms with van der Waals surface area (Å²) >= 11 is 0.